The van der Waals surface area contributed by atoms with E-state index in [1.165, 1.54) is 6.07 Å². The van der Waals surface area contributed by atoms with E-state index in [2.05, 4.69) is 20.8 Å². The lowest BCUT2D eigenvalue weighted by atomic mass is 10.1. The van der Waals surface area contributed by atoms with Crippen LogP contribution in [0.25, 0.3) is 0 Å². The second-order valence-electron chi connectivity index (χ2n) is 6.91. The van der Waals surface area contributed by atoms with Crippen LogP contribution in [0.4, 0.5) is 18.9 Å². The van der Waals surface area contributed by atoms with E-state index in [0.29, 0.717) is 22.9 Å². The van der Waals surface area contributed by atoms with E-state index in [0.717, 1.165) is 35.6 Å². The Balaban J connectivity index is 1.67. The number of aryl methyl sites for hydroxylation is 2. The topological polar surface area (TPSA) is 59.7 Å². The van der Waals surface area contributed by atoms with Crippen LogP contribution in [0, 0.1) is 13.8 Å². The number of aromatic nitrogens is 4. The Labute approximate surface area is 178 Å². The predicted octanol–water partition coefficient (Wildman–Crippen LogP) is 4.27. The highest BCUT2D eigenvalue weighted by Crippen LogP contribution is 2.30. The molecule has 2 N–H and O–H groups in total. The van der Waals surface area contributed by atoms with Crippen LogP contribution in [-0.2, 0) is 25.8 Å². The fourth-order valence-corrected chi connectivity index (χ4v) is 3.24. The lowest BCUT2D eigenvalue weighted by Crippen LogP contribution is -2.28. The molecule has 0 fully saturated rings. The first-order valence-electron chi connectivity index (χ1n) is 9.43. The van der Waals surface area contributed by atoms with Crippen molar-refractivity contribution < 1.29 is 13.2 Å². The molecule has 2 aromatic heterocycles. The monoisotopic (exact) mass is 436 g/mol. The van der Waals surface area contributed by atoms with Gasteiger partial charge in [-0.1, -0.05) is 12.1 Å². The van der Waals surface area contributed by atoms with Crippen molar-refractivity contribution in [1.82, 2.24) is 24.9 Å². The second kappa shape index (κ2) is 8.86. The van der Waals surface area contributed by atoms with E-state index < -0.39 is 11.7 Å². The Morgan fingerprint density at radius 3 is 2.63 bits per heavy atom. The first-order valence-corrected chi connectivity index (χ1v) is 9.84. The van der Waals surface area contributed by atoms with Crippen molar-refractivity contribution >= 4 is 23.0 Å². The van der Waals surface area contributed by atoms with Crippen LogP contribution < -0.4 is 10.6 Å². The van der Waals surface area contributed by atoms with Crippen molar-refractivity contribution in [3.63, 3.8) is 0 Å². The van der Waals surface area contributed by atoms with E-state index >= 15 is 0 Å². The number of rotatable bonds is 6. The molecule has 0 atom stereocenters. The van der Waals surface area contributed by atoms with E-state index in [-0.39, 0.29) is 6.54 Å². The Hall–Kier alpha value is -2.88. The third-order valence-corrected chi connectivity index (χ3v) is 4.92. The number of nitrogens with one attached hydrogen (secondary N) is 2. The largest absolute Gasteiger partial charge is 0.416 e. The second-order valence-corrected chi connectivity index (χ2v) is 7.32. The summed E-state index contributed by atoms with van der Waals surface area (Å²) >= 11 is 5.38. The van der Waals surface area contributed by atoms with Crippen LogP contribution in [-0.4, -0.2) is 24.7 Å². The summed E-state index contributed by atoms with van der Waals surface area (Å²) in [6.45, 7) is 7.25. The summed E-state index contributed by atoms with van der Waals surface area (Å²) in [6, 6.07) is 5.27. The molecule has 3 rings (SSSR count). The van der Waals surface area contributed by atoms with Gasteiger partial charge in [-0.15, -0.1) is 0 Å². The number of nitrogens with zero attached hydrogens (tertiary/aromatic N) is 4. The minimum Gasteiger partial charge on any atom is -0.358 e. The molecule has 30 heavy (non-hydrogen) atoms. The van der Waals surface area contributed by atoms with Gasteiger partial charge in [0.1, 0.15) is 0 Å². The number of thiocarbonyl (C=S) groups is 1. The third kappa shape index (κ3) is 5.18. The van der Waals surface area contributed by atoms with Gasteiger partial charge in [-0.3, -0.25) is 9.36 Å². The Morgan fingerprint density at radius 1 is 1.20 bits per heavy atom. The molecule has 6 nitrogen and oxygen atoms in total. The number of alkyl halides is 3. The molecule has 0 amide bonds. The van der Waals surface area contributed by atoms with Gasteiger partial charge in [-0.25, -0.2) is 0 Å². The maximum atomic E-state index is 13.0. The van der Waals surface area contributed by atoms with E-state index in [1.807, 2.05) is 31.6 Å². The minimum atomic E-state index is -4.37. The molecule has 1 aromatic carbocycles. The van der Waals surface area contributed by atoms with Gasteiger partial charge in [0.05, 0.1) is 35.4 Å². The molecule has 3 aromatic rings. The van der Waals surface area contributed by atoms with Crippen LogP contribution in [0.5, 0.6) is 0 Å². The summed E-state index contributed by atoms with van der Waals surface area (Å²) in [5.74, 6) is 0. The van der Waals surface area contributed by atoms with Gasteiger partial charge in [0.2, 0.25) is 0 Å². The molecule has 10 heteroatoms. The first-order chi connectivity index (χ1) is 14.2. The molecule has 0 aliphatic heterocycles. The van der Waals surface area contributed by atoms with Gasteiger partial charge >= 0.3 is 6.18 Å². The van der Waals surface area contributed by atoms with Crippen molar-refractivity contribution in [2.75, 3.05) is 5.32 Å². The van der Waals surface area contributed by atoms with Crippen molar-refractivity contribution in [2.24, 2.45) is 0 Å². The van der Waals surface area contributed by atoms with Crippen molar-refractivity contribution in [3.8, 4) is 0 Å². The molecular weight excluding hydrogens is 413 g/mol. The maximum Gasteiger partial charge on any atom is 0.416 e. The van der Waals surface area contributed by atoms with Gasteiger partial charge in [0, 0.05) is 24.8 Å². The van der Waals surface area contributed by atoms with Crippen LogP contribution >= 0.6 is 12.2 Å². The highest BCUT2D eigenvalue weighted by molar-refractivity contribution is 7.80. The van der Waals surface area contributed by atoms with E-state index in [4.69, 9.17) is 12.2 Å². The zero-order valence-corrected chi connectivity index (χ0v) is 17.7. The Morgan fingerprint density at radius 2 is 1.97 bits per heavy atom. The summed E-state index contributed by atoms with van der Waals surface area (Å²) in [5.41, 5.74) is 3.10. The quantitative estimate of drug-likeness (QED) is 0.565. The smallest absolute Gasteiger partial charge is 0.358 e. The number of benzene rings is 1. The Kier molecular flexibility index (Phi) is 6.45. The minimum absolute atomic E-state index is 0.231. The molecule has 160 valence electrons. The zero-order valence-electron chi connectivity index (χ0n) is 16.9. The van der Waals surface area contributed by atoms with Gasteiger partial charge in [0.25, 0.3) is 0 Å². The normalized spacial score (nSPS) is 11.5. The van der Waals surface area contributed by atoms with Gasteiger partial charge in [0.15, 0.2) is 5.11 Å². The summed E-state index contributed by atoms with van der Waals surface area (Å²) in [6.07, 6.45) is -0.648. The molecule has 0 spiro atoms. The predicted molar refractivity (Wildman–Crippen MR) is 113 cm³/mol. The molecule has 0 saturated carbocycles. The fourth-order valence-electron chi connectivity index (χ4n) is 3.06. The number of anilines is 1. The molecule has 0 unspecified atom stereocenters. The molecule has 2 heterocycles. The van der Waals surface area contributed by atoms with Crippen LogP contribution in [0.15, 0.2) is 36.7 Å². The zero-order chi connectivity index (χ0) is 21.9. The van der Waals surface area contributed by atoms with Crippen LogP contribution in [0.2, 0.25) is 0 Å². The van der Waals surface area contributed by atoms with Crippen molar-refractivity contribution in [2.45, 2.75) is 46.6 Å². The molecular formula is C20H23F3N6S. The standard InChI is InChI=1S/C20H23F3N6S/c1-4-28-11-16(10-25-28)9-24-19(30)26-18-13(2)27-29(14(18)3)12-15-6-5-7-17(8-15)20(21,22)23/h5-8,10-11H,4,9,12H2,1-3H3,(H2,24,26,30). The van der Waals surface area contributed by atoms with Gasteiger partial charge < -0.3 is 10.6 Å². The Bertz CT molecular complexity index is 1040. The van der Waals surface area contributed by atoms with Crippen molar-refractivity contribution in [3.05, 3.63) is 64.7 Å². The van der Waals surface area contributed by atoms with Gasteiger partial charge in [-0.2, -0.15) is 23.4 Å². The molecule has 0 radical (unpaired) electrons. The van der Waals surface area contributed by atoms with E-state index in [9.17, 15) is 13.2 Å². The lowest BCUT2D eigenvalue weighted by Gasteiger charge is -2.11. The molecule has 0 aliphatic rings. The maximum absolute atomic E-state index is 13.0. The summed E-state index contributed by atoms with van der Waals surface area (Å²) in [5, 5.41) is 15.4. The highest BCUT2D eigenvalue weighted by atomic mass is 32.1. The average molecular weight is 437 g/mol. The number of hydrogen-bond donors (Lipinski definition) is 2. The SMILES string of the molecule is CCn1cc(CNC(=S)Nc2c(C)nn(Cc3cccc(C(F)(F)F)c3)c2C)cn1. The van der Waals surface area contributed by atoms with E-state index in [1.54, 1.807) is 16.9 Å². The highest BCUT2D eigenvalue weighted by Gasteiger charge is 2.30. The molecule has 0 aliphatic carbocycles. The fraction of sp³-hybridized carbons (Fsp3) is 0.350. The lowest BCUT2D eigenvalue weighted by molar-refractivity contribution is -0.137. The first kappa shape index (κ1) is 21.8. The number of halogens is 3. The average Bonchev–Trinajstić information content (AvgIpc) is 3.26. The third-order valence-electron chi connectivity index (χ3n) is 4.67. The molecule has 0 saturated heterocycles. The summed E-state index contributed by atoms with van der Waals surface area (Å²) in [4.78, 5) is 0. The summed E-state index contributed by atoms with van der Waals surface area (Å²) < 4.78 is 42.4. The van der Waals surface area contributed by atoms with Gasteiger partial charge in [-0.05, 0) is 50.7 Å². The van der Waals surface area contributed by atoms with Crippen LogP contribution in [0.1, 0.15) is 35.0 Å². The number of hydrogen-bond acceptors (Lipinski definition) is 3. The summed E-state index contributed by atoms with van der Waals surface area (Å²) in [7, 11) is 0. The molecule has 0 bridgehead atoms. The van der Waals surface area contributed by atoms with Crippen molar-refractivity contribution in [1.29, 1.82) is 0 Å². The van der Waals surface area contributed by atoms with Crippen LogP contribution in [0.3, 0.4) is 0 Å².